The van der Waals surface area contributed by atoms with Gasteiger partial charge < -0.3 is 14.5 Å². The molecule has 2 rings (SSSR count). The smallest absolute Gasteiger partial charge is 0.277 e. The van der Waals surface area contributed by atoms with Crippen LogP contribution >= 0.6 is 11.3 Å². The van der Waals surface area contributed by atoms with Gasteiger partial charge in [-0.2, -0.15) is 0 Å². The molecule has 1 aromatic rings. The van der Waals surface area contributed by atoms with Crippen LogP contribution < -0.4 is 0 Å². The quantitative estimate of drug-likeness (QED) is 0.588. The second-order valence-electron chi connectivity index (χ2n) is 4.76. The van der Waals surface area contributed by atoms with Gasteiger partial charge in [0.2, 0.25) is 0 Å². The van der Waals surface area contributed by atoms with E-state index >= 15 is 0 Å². The van der Waals surface area contributed by atoms with Gasteiger partial charge in [0.1, 0.15) is 18.6 Å². The number of rotatable bonds is 6. The minimum absolute atomic E-state index is 0.298. The fourth-order valence-corrected chi connectivity index (χ4v) is 2.88. The minimum atomic E-state index is -0.648. The van der Waals surface area contributed by atoms with Crippen molar-refractivity contribution in [2.75, 3.05) is 20.0 Å². The lowest BCUT2D eigenvalue weighted by atomic mass is 10.3. The number of unbranched alkanes of at least 4 members (excludes halogenated alkanes) is 1. The molecule has 21 heavy (non-hydrogen) atoms. The summed E-state index contributed by atoms with van der Waals surface area (Å²) in [5.74, 6) is 0.366. The maximum absolute atomic E-state index is 10.8. The largest absolute Gasteiger partial charge is 0.341 e. The molecule has 1 aromatic heterocycles. The van der Waals surface area contributed by atoms with Crippen LogP contribution in [0.4, 0.5) is 0 Å². The standard InChI is InChI=1S/C12H19N5O3S/c1-3-4-5-15-8-20-9-16(12(15)14-17(18)19)7-11-6-13-10(2)21-11/h6H,3-5,7-9H2,1-2H3/b14-12+. The van der Waals surface area contributed by atoms with Gasteiger partial charge in [0.15, 0.2) is 5.03 Å². The van der Waals surface area contributed by atoms with E-state index in [9.17, 15) is 10.1 Å². The number of hydrogen-bond donors (Lipinski definition) is 0. The predicted molar refractivity (Wildman–Crippen MR) is 79.3 cm³/mol. The van der Waals surface area contributed by atoms with E-state index in [1.165, 1.54) is 0 Å². The lowest BCUT2D eigenvalue weighted by Gasteiger charge is -2.36. The molecule has 9 heteroatoms. The summed E-state index contributed by atoms with van der Waals surface area (Å²) >= 11 is 1.57. The van der Waals surface area contributed by atoms with Crippen LogP contribution in [0.5, 0.6) is 0 Å². The highest BCUT2D eigenvalue weighted by Gasteiger charge is 2.27. The van der Waals surface area contributed by atoms with Crippen LogP contribution in [0.2, 0.25) is 0 Å². The molecule has 2 heterocycles. The first-order valence-electron chi connectivity index (χ1n) is 6.82. The third-order valence-electron chi connectivity index (χ3n) is 3.03. The Kier molecular flexibility index (Phi) is 5.45. The van der Waals surface area contributed by atoms with E-state index < -0.39 is 5.03 Å². The van der Waals surface area contributed by atoms with Gasteiger partial charge in [0, 0.05) is 17.6 Å². The average Bonchev–Trinajstić information content (AvgIpc) is 2.84. The molecule has 0 aliphatic carbocycles. The van der Waals surface area contributed by atoms with E-state index in [2.05, 4.69) is 17.0 Å². The second-order valence-corrected chi connectivity index (χ2v) is 6.08. The first-order valence-corrected chi connectivity index (χ1v) is 7.63. The number of guanidine groups is 1. The molecular formula is C12H19N5O3S. The number of hydrogen-bond acceptors (Lipinski definition) is 5. The van der Waals surface area contributed by atoms with E-state index in [0.29, 0.717) is 32.5 Å². The normalized spacial score (nSPS) is 17.5. The van der Waals surface area contributed by atoms with Crippen LogP contribution in [0.3, 0.4) is 0 Å². The second kappa shape index (κ2) is 7.32. The molecule has 0 aromatic carbocycles. The molecule has 8 nitrogen and oxygen atoms in total. The number of thiazole rings is 1. The van der Waals surface area contributed by atoms with Crippen molar-refractivity contribution in [3.63, 3.8) is 0 Å². The Morgan fingerprint density at radius 2 is 2.29 bits per heavy atom. The molecule has 1 aliphatic heterocycles. The highest BCUT2D eigenvalue weighted by Crippen LogP contribution is 2.17. The van der Waals surface area contributed by atoms with Crippen LogP contribution in [0, 0.1) is 17.0 Å². The van der Waals surface area contributed by atoms with Crippen LogP contribution in [0.1, 0.15) is 29.7 Å². The van der Waals surface area contributed by atoms with E-state index in [0.717, 1.165) is 22.7 Å². The Balaban J connectivity index is 2.14. The first kappa shape index (κ1) is 15.6. The van der Waals surface area contributed by atoms with Gasteiger partial charge in [0.25, 0.3) is 5.96 Å². The summed E-state index contributed by atoms with van der Waals surface area (Å²) in [5, 5.41) is 14.7. The van der Waals surface area contributed by atoms with Crippen molar-refractivity contribution in [3.8, 4) is 0 Å². The van der Waals surface area contributed by atoms with Crippen LogP contribution in [0.15, 0.2) is 11.3 Å². The molecule has 0 amide bonds. The lowest BCUT2D eigenvalue weighted by Crippen LogP contribution is -2.51. The number of nitrogens with zero attached hydrogens (tertiary/aromatic N) is 5. The maximum atomic E-state index is 10.8. The number of aromatic nitrogens is 1. The minimum Gasteiger partial charge on any atom is -0.341 e. The van der Waals surface area contributed by atoms with E-state index in [-0.39, 0.29) is 0 Å². The summed E-state index contributed by atoms with van der Waals surface area (Å²) in [7, 11) is 0. The van der Waals surface area contributed by atoms with Gasteiger partial charge in [-0.1, -0.05) is 13.3 Å². The Labute approximate surface area is 127 Å². The predicted octanol–water partition coefficient (Wildman–Crippen LogP) is 1.85. The summed E-state index contributed by atoms with van der Waals surface area (Å²) in [6.07, 6.45) is 3.73. The van der Waals surface area contributed by atoms with Crippen molar-refractivity contribution in [2.24, 2.45) is 5.10 Å². The zero-order chi connectivity index (χ0) is 15.2. The molecule has 0 bridgehead atoms. The van der Waals surface area contributed by atoms with E-state index in [4.69, 9.17) is 4.74 Å². The van der Waals surface area contributed by atoms with Crippen molar-refractivity contribution in [3.05, 3.63) is 26.2 Å². The van der Waals surface area contributed by atoms with Crippen molar-refractivity contribution in [1.82, 2.24) is 14.8 Å². The Hall–Kier alpha value is -1.74. The van der Waals surface area contributed by atoms with Crippen LogP contribution in [0.25, 0.3) is 0 Å². The highest BCUT2D eigenvalue weighted by atomic mass is 32.1. The third kappa shape index (κ3) is 4.36. The molecule has 0 unspecified atom stereocenters. The monoisotopic (exact) mass is 313 g/mol. The number of hydrazone groups is 1. The number of nitro groups is 1. The molecule has 0 N–H and O–H groups in total. The summed E-state index contributed by atoms with van der Waals surface area (Å²) in [4.78, 5) is 19.6. The van der Waals surface area contributed by atoms with Crippen LogP contribution in [-0.4, -0.2) is 45.8 Å². The van der Waals surface area contributed by atoms with Gasteiger partial charge >= 0.3 is 0 Å². The zero-order valence-electron chi connectivity index (χ0n) is 12.2. The molecular weight excluding hydrogens is 294 g/mol. The van der Waals surface area contributed by atoms with E-state index in [1.54, 1.807) is 22.4 Å². The third-order valence-corrected chi connectivity index (χ3v) is 3.93. The highest BCUT2D eigenvalue weighted by molar-refractivity contribution is 7.11. The van der Waals surface area contributed by atoms with Gasteiger partial charge in [-0.3, -0.25) is 0 Å². The Morgan fingerprint density at radius 1 is 1.52 bits per heavy atom. The van der Waals surface area contributed by atoms with E-state index in [1.807, 2.05) is 11.8 Å². The molecule has 116 valence electrons. The molecule has 0 saturated carbocycles. The van der Waals surface area contributed by atoms with Gasteiger partial charge in [-0.05, 0) is 13.3 Å². The van der Waals surface area contributed by atoms with Gasteiger partial charge in [-0.25, -0.2) is 15.1 Å². The Morgan fingerprint density at radius 3 is 2.90 bits per heavy atom. The van der Waals surface area contributed by atoms with Gasteiger partial charge in [0.05, 0.1) is 11.6 Å². The molecule has 1 saturated heterocycles. The molecule has 1 aliphatic rings. The topological polar surface area (TPSA) is 84.1 Å². The SMILES string of the molecule is CCCCN1COCN(Cc2cnc(C)s2)/C1=N/[N+](=O)[O-]. The zero-order valence-corrected chi connectivity index (χ0v) is 13.0. The summed E-state index contributed by atoms with van der Waals surface area (Å²) < 4.78 is 5.52. The summed E-state index contributed by atoms with van der Waals surface area (Å²) in [6, 6.07) is 0. The maximum Gasteiger partial charge on any atom is 0.277 e. The Bertz CT molecular complexity index is 519. The van der Waals surface area contributed by atoms with Crippen molar-refractivity contribution < 1.29 is 9.77 Å². The summed E-state index contributed by atoms with van der Waals surface area (Å²) in [6.45, 7) is 5.85. The lowest BCUT2D eigenvalue weighted by molar-refractivity contribution is -0.486. The fourth-order valence-electron chi connectivity index (χ4n) is 2.07. The van der Waals surface area contributed by atoms with Crippen LogP contribution in [-0.2, 0) is 11.3 Å². The number of ether oxygens (including phenoxy) is 1. The molecule has 0 atom stereocenters. The molecule has 0 radical (unpaired) electrons. The first-order chi connectivity index (χ1) is 10.1. The van der Waals surface area contributed by atoms with Crippen molar-refractivity contribution in [1.29, 1.82) is 0 Å². The molecule has 1 fully saturated rings. The van der Waals surface area contributed by atoms with Crippen molar-refractivity contribution in [2.45, 2.75) is 33.2 Å². The van der Waals surface area contributed by atoms with Crippen molar-refractivity contribution >= 4 is 17.3 Å². The van der Waals surface area contributed by atoms with Gasteiger partial charge in [-0.15, -0.1) is 11.3 Å². The fraction of sp³-hybridized carbons (Fsp3) is 0.667. The average molecular weight is 313 g/mol. The molecule has 0 spiro atoms. The number of aryl methyl sites for hydroxylation is 1. The summed E-state index contributed by atoms with van der Waals surface area (Å²) in [5.41, 5.74) is 0.